The molecule has 0 atom stereocenters. The van der Waals surface area contributed by atoms with E-state index in [0.717, 1.165) is 41.0 Å². The SMILES string of the molecule is CCCCOc1ccc(-c2nnn(CC(=O)Nc3cc(C)cc(C)c3)n2)cc1. The maximum atomic E-state index is 12.3. The predicted octanol–water partition coefficient (Wildman–Crippen LogP) is 3.77. The summed E-state index contributed by atoms with van der Waals surface area (Å²) < 4.78 is 5.65. The quantitative estimate of drug-likeness (QED) is 0.603. The number of nitrogens with one attached hydrogen (secondary N) is 1. The van der Waals surface area contributed by atoms with Crippen molar-refractivity contribution in [3.63, 3.8) is 0 Å². The topological polar surface area (TPSA) is 81.9 Å². The first-order chi connectivity index (χ1) is 13.5. The van der Waals surface area contributed by atoms with E-state index >= 15 is 0 Å². The lowest BCUT2D eigenvalue weighted by Crippen LogP contribution is -2.20. The van der Waals surface area contributed by atoms with Gasteiger partial charge in [-0.1, -0.05) is 19.4 Å². The van der Waals surface area contributed by atoms with E-state index in [0.29, 0.717) is 12.4 Å². The lowest BCUT2D eigenvalue weighted by atomic mass is 10.1. The van der Waals surface area contributed by atoms with Crippen molar-refractivity contribution < 1.29 is 9.53 Å². The standard InChI is InChI=1S/C21H25N5O2/c1-4-5-10-28-19-8-6-17(7-9-19)21-23-25-26(24-21)14-20(27)22-18-12-15(2)11-16(3)13-18/h6-9,11-13H,4-5,10,14H2,1-3H3,(H,22,27). The summed E-state index contributed by atoms with van der Waals surface area (Å²) in [6.45, 7) is 6.82. The minimum Gasteiger partial charge on any atom is -0.494 e. The Labute approximate surface area is 164 Å². The molecule has 0 fully saturated rings. The van der Waals surface area contributed by atoms with E-state index in [9.17, 15) is 4.79 Å². The van der Waals surface area contributed by atoms with Gasteiger partial charge >= 0.3 is 0 Å². The Hall–Kier alpha value is -3.22. The van der Waals surface area contributed by atoms with Crippen LogP contribution in [0.2, 0.25) is 0 Å². The number of hydrogen-bond donors (Lipinski definition) is 1. The first-order valence-corrected chi connectivity index (χ1v) is 9.42. The Kier molecular flexibility index (Phi) is 6.37. The number of tetrazole rings is 1. The molecule has 2 aromatic carbocycles. The Morgan fingerprint density at radius 2 is 1.82 bits per heavy atom. The van der Waals surface area contributed by atoms with Crippen molar-refractivity contribution in [1.29, 1.82) is 0 Å². The molecule has 28 heavy (non-hydrogen) atoms. The highest BCUT2D eigenvalue weighted by Gasteiger charge is 2.10. The molecule has 0 aliphatic rings. The zero-order valence-electron chi connectivity index (χ0n) is 16.5. The molecule has 1 heterocycles. The first kappa shape index (κ1) is 19.5. The molecule has 0 unspecified atom stereocenters. The van der Waals surface area contributed by atoms with Crippen molar-refractivity contribution in [3.05, 3.63) is 53.6 Å². The van der Waals surface area contributed by atoms with Crippen LogP contribution in [0.15, 0.2) is 42.5 Å². The summed E-state index contributed by atoms with van der Waals surface area (Å²) >= 11 is 0. The average Bonchev–Trinajstić information content (AvgIpc) is 3.10. The molecule has 1 aromatic heterocycles. The Balaban J connectivity index is 1.59. The van der Waals surface area contributed by atoms with Crippen LogP contribution in [-0.2, 0) is 11.3 Å². The van der Waals surface area contributed by atoms with E-state index in [1.165, 1.54) is 4.80 Å². The van der Waals surface area contributed by atoms with Crippen molar-refractivity contribution in [3.8, 4) is 17.1 Å². The van der Waals surface area contributed by atoms with Gasteiger partial charge in [-0.25, -0.2) is 0 Å². The van der Waals surface area contributed by atoms with Crippen molar-refractivity contribution >= 4 is 11.6 Å². The maximum absolute atomic E-state index is 12.3. The van der Waals surface area contributed by atoms with Crippen molar-refractivity contribution in [2.45, 2.75) is 40.2 Å². The second kappa shape index (κ2) is 9.12. The van der Waals surface area contributed by atoms with Gasteiger partial charge in [0.05, 0.1) is 6.61 Å². The molecule has 0 aliphatic carbocycles. The number of ether oxygens (including phenoxy) is 1. The van der Waals surface area contributed by atoms with Crippen LogP contribution >= 0.6 is 0 Å². The number of aryl methyl sites for hydroxylation is 2. The summed E-state index contributed by atoms with van der Waals surface area (Å²) in [5.41, 5.74) is 3.78. The largest absolute Gasteiger partial charge is 0.494 e. The zero-order valence-corrected chi connectivity index (χ0v) is 16.5. The molecule has 146 valence electrons. The van der Waals surface area contributed by atoms with Crippen LogP contribution in [0.5, 0.6) is 5.75 Å². The van der Waals surface area contributed by atoms with Gasteiger partial charge in [-0.15, -0.1) is 10.2 Å². The molecule has 0 bridgehead atoms. The number of anilines is 1. The molecule has 0 saturated carbocycles. The molecule has 1 N–H and O–H groups in total. The second-order valence-electron chi connectivity index (χ2n) is 6.79. The molecule has 0 spiro atoms. The average molecular weight is 379 g/mol. The van der Waals surface area contributed by atoms with Gasteiger partial charge in [0.25, 0.3) is 0 Å². The Morgan fingerprint density at radius 1 is 1.11 bits per heavy atom. The highest BCUT2D eigenvalue weighted by Crippen LogP contribution is 2.19. The van der Waals surface area contributed by atoms with Crippen LogP contribution < -0.4 is 10.1 Å². The van der Waals surface area contributed by atoms with Crippen LogP contribution in [0.4, 0.5) is 5.69 Å². The monoisotopic (exact) mass is 379 g/mol. The van der Waals surface area contributed by atoms with E-state index in [1.807, 2.05) is 50.2 Å². The Morgan fingerprint density at radius 3 is 2.50 bits per heavy atom. The fraction of sp³-hybridized carbons (Fsp3) is 0.333. The smallest absolute Gasteiger partial charge is 0.248 e. The Bertz CT molecular complexity index is 914. The first-order valence-electron chi connectivity index (χ1n) is 9.42. The minimum atomic E-state index is -0.200. The molecule has 3 rings (SSSR count). The number of hydrogen-bond acceptors (Lipinski definition) is 5. The highest BCUT2D eigenvalue weighted by molar-refractivity contribution is 5.90. The van der Waals surface area contributed by atoms with Gasteiger partial charge in [-0.2, -0.15) is 4.80 Å². The fourth-order valence-corrected chi connectivity index (χ4v) is 2.84. The third-order valence-corrected chi connectivity index (χ3v) is 4.12. The third-order valence-electron chi connectivity index (χ3n) is 4.12. The van der Waals surface area contributed by atoms with Gasteiger partial charge in [0.15, 0.2) is 0 Å². The van der Waals surface area contributed by atoms with Gasteiger partial charge in [0, 0.05) is 11.3 Å². The van der Waals surface area contributed by atoms with E-state index in [4.69, 9.17) is 4.74 Å². The molecule has 0 saturated heterocycles. The van der Waals surface area contributed by atoms with Gasteiger partial charge in [-0.3, -0.25) is 4.79 Å². The molecular weight excluding hydrogens is 354 g/mol. The van der Waals surface area contributed by atoms with Gasteiger partial charge < -0.3 is 10.1 Å². The van der Waals surface area contributed by atoms with Crippen molar-refractivity contribution in [2.24, 2.45) is 0 Å². The molecule has 0 aliphatic heterocycles. The van der Waals surface area contributed by atoms with Crippen molar-refractivity contribution in [1.82, 2.24) is 20.2 Å². The summed E-state index contributed by atoms with van der Waals surface area (Å²) in [5, 5.41) is 15.2. The number of aromatic nitrogens is 4. The highest BCUT2D eigenvalue weighted by atomic mass is 16.5. The molecule has 3 aromatic rings. The van der Waals surface area contributed by atoms with E-state index in [-0.39, 0.29) is 12.5 Å². The molecule has 7 nitrogen and oxygen atoms in total. The lowest BCUT2D eigenvalue weighted by molar-refractivity contribution is -0.117. The molecule has 0 radical (unpaired) electrons. The second-order valence-corrected chi connectivity index (χ2v) is 6.79. The minimum absolute atomic E-state index is 0.00178. The summed E-state index contributed by atoms with van der Waals surface area (Å²) in [5.74, 6) is 1.09. The number of amides is 1. The predicted molar refractivity (Wildman–Crippen MR) is 108 cm³/mol. The van der Waals surface area contributed by atoms with E-state index in [1.54, 1.807) is 0 Å². The van der Waals surface area contributed by atoms with E-state index < -0.39 is 0 Å². The zero-order chi connectivity index (χ0) is 19.9. The molecule has 7 heteroatoms. The molecule has 1 amide bonds. The van der Waals surface area contributed by atoms with Crippen molar-refractivity contribution in [2.75, 3.05) is 11.9 Å². The van der Waals surface area contributed by atoms with Crippen LogP contribution in [0, 0.1) is 13.8 Å². The van der Waals surface area contributed by atoms with Crippen LogP contribution in [-0.4, -0.2) is 32.7 Å². The number of benzene rings is 2. The number of nitrogens with zero attached hydrogens (tertiary/aromatic N) is 4. The summed E-state index contributed by atoms with van der Waals surface area (Å²) in [6.07, 6.45) is 2.13. The van der Waals surface area contributed by atoms with Crippen LogP contribution in [0.3, 0.4) is 0 Å². The number of rotatable bonds is 8. The number of unbranched alkanes of at least 4 members (excludes halogenated alkanes) is 1. The summed E-state index contributed by atoms with van der Waals surface area (Å²) in [7, 11) is 0. The van der Waals surface area contributed by atoms with Gasteiger partial charge in [0.1, 0.15) is 12.3 Å². The molecular formula is C21H25N5O2. The summed E-state index contributed by atoms with van der Waals surface area (Å²) in [4.78, 5) is 13.6. The van der Waals surface area contributed by atoms with E-state index in [2.05, 4.69) is 33.7 Å². The normalized spacial score (nSPS) is 10.7. The van der Waals surface area contributed by atoms with Crippen LogP contribution in [0.1, 0.15) is 30.9 Å². The van der Waals surface area contributed by atoms with Crippen LogP contribution in [0.25, 0.3) is 11.4 Å². The number of carbonyl (C=O) groups is 1. The van der Waals surface area contributed by atoms with Gasteiger partial charge in [0.2, 0.25) is 11.7 Å². The third kappa shape index (κ3) is 5.39. The number of carbonyl (C=O) groups excluding carboxylic acids is 1. The lowest BCUT2D eigenvalue weighted by Gasteiger charge is -2.07. The van der Waals surface area contributed by atoms with Gasteiger partial charge in [-0.05, 0) is 73.0 Å². The fourth-order valence-electron chi connectivity index (χ4n) is 2.84. The maximum Gasteiger partial charge on any atom is 0.248 e. The summed E-state index contributed by atoms with van der Waals surface area (Å²) in [6, 6.07) is 13.5.